The van der Waals surface area contributed by atoms with Gasteiger partial charge in [0.25, 0.3) is 11.1 Å². The van der Waals surface area contributed by atoms with Crippen LogP contribution in [-0.4, -0.2) is 56.4 Å². The number of amides is 2. The summed E-state index contributed by atoms with van der Waals surface area (Å²) < 4.78 is 5.55. The number of methoxy groups -OCH3 is 1. The predicted octanol–water partition coefficient (Wildman–Crippen LogP) is 2.16. The van der Waals surface area contributed by atoms with Crippen LogP contribution in [0.1, 0.15) is 12.0 Å². The molecule has 2 fully saturated rings. The zero-order valence-corrected chi connectivity index (χ0v) is 14.9. The summed E-state index contributed by atoms with van der Waals surface area (Å²) in [5, 5.41) is 1.96. The summed E-state index contributed by atoms with van der Waals surface area (Å²) in [6.45, 7) is 1.83. The molecule has 1 unspecified atom stereocenters. The lowest BCUT2D eigenvalue weighted by Crippen LogP contribution is -2.31. The summed E-state index contributed by atoms with van der Waals surface area (Å²) in [5.41, 5.74) is 1.87. The molecule has 1 N–H and O–H groups in total. The molecule has 2 heterocycles. The molecule has 0 aromatic heterocycles. The lowest BCUT2D eigenvalue weighted by atomic mass is 10.1. The fourth-order valence-electron chi connectivity index (χ4n) is 3.09. The van der Waals surface area contributed by atoms with E-state index in [-0.39, 0.29) is 11.1 Å². The Hall–Kier alpha value is -1.99. The van der Waals surface area contributed by atoms with Gasteiger partial charge in [-0.1, -0.05) is 12.1 Å². The molecule has 2 saturated heterocycles. The molecule has 2 aliphatic rings. The number of rotatable bonds is 4. The molecule has 3 rings (SSSR count). The number of anilines is 1. The van der Waals surface area contributed by atoms with Gasteiger partial charge in [-0.15, -0.1) is 0 Å². The van der Waals surface area contributed by atoms with Crippen LogP contribution in [0.3, 0.4) is 0 Å². The van der Waals surface area contributed by atoms with Crippen LogP contribution in [0, 0.1) is 0 Å². The fraction of sp³-hybridized carbons (Fsp3) is 0.412. The summed E-state index contributed by atoms with van der Waals surface area (Å²) in [7, 11) is 5.82. The molecule has 7 heteroatoms. The Bertz CT molecular complexity index is 702. The van der Waals surface area contributed by atoms with E-state index in [1.54, 1.807) is 13.2 Å². The molecule has 1 atom stereocenters. The third-order valence-electron chi connectivity index (χ3n) is 4.39. The highest BCUT2D eigenvalue weighted by Crippen LogP contribution is 2.37. The average molecular weight is 347 g/mol. The van der Waals surface area contributed by atoms with Crippen LogP contribution >= 0.6 is 11.8 Å². The molecule has 24 heavy (non-hydrogen) atoms. The normalized spacial score (nSPS) is 22.6. The van der Waals surface area contributed by atoms with Gasteiger partial charge in [-0.05, 0) is 44.4 Å². The number of ether oxygens (including phenoxy) is 1. The molecular weight excluding hydrogens is 326 g/mol. The van der Waals surface area contributed by atoms with E-state index < -0.39 is 0 Å². The van der Waals surface area contributed by atoms with Gasteiger partial charge in [0.05, 0.1) is 17.7 Å². The van der Waals surface area contributed by atoms with Gasteiger partial charge in [-0.25, -0.2) is 0 Å². The monoisotopic (exact) mass is 347 g/mol. The van der Waals surface area contributed by atoms with Crippen LogP contribution in [0.25, 0.3) is 6.08 Å². The minimum absolute atomic E-state index is 0.329. The largest absolute Gasteiger partial charge is 0.495 e. The first-order valence-electron chi connectivity index (χ1n) is 7.83. The zero-order valence-electron chi connectivity index (χ0n) is 14.0. The Kier molecular flexibility index (Phi) is 4.82. The van der Waals surface area contributed by atoms with Gasteiger partial charge in [-0.2, -0.15) is 0 Å². The fourth-order valence-corrected chi connectivity index (χ4v) is 3.76. The number of likely N-dealkylation sites (N-methyl/N-ethyl adjacent to an activating group) is 1. The SMILES string of the molecule is COc1cccc(C=C2SC(=O)NC2=O)c1N1CCC(N(C)C)C1. The van der Waals surface area contributed by atoms with E-state index >= 15 is 0 Å². The van der Waals surface area contributed by atoms with E-state index in [4.69, 9.17) is 4.74 Å². The highest BCUT2D eigenvalue weighted by molar-refractivity contribution is 8.18. The van der Waals surface area contributed by atoms with Crippen molar-refractivity contribution in [3.05, 3.63) is 28.7 Å². The second kappa shape index (κ2) is 6.86. The number of nitrogens with one attached hydrogen (secondary N) is 1. The predicted molar refractivity (Wildman–Crippen MR) is 96.4 cm³/mol. The van der Waals surface area contributed by atoms with E-state index in [1.165, 1.54) is 0 Å². The number of hydrogen-bond donors (Lipinski definition) is 1. The van der Waals surface area contributed by atoms with Crippen molar-refractivity contribution in [1.82, 2.24) is 10.2 Å². The lowest BCUT2D eigenvalue weighted by Gasteiger charge is -2.25. The summed E-state index contributed by atoms with van der Waals surface area (Å²) in [6.07, 6.45) is 2.85. The molecular formula is C17H21N3O3S. The maximum absolute atomic E-state index is 11.8. The van der Waals surface area contributed by atoms with Crippen molar-refractivity contribution in [2.24, 2.45) is 0 Å². The molecule has 0 aliphatic carbocycles. The summed E-state index contributed by atoms with van der Waals surface area (Å²) in [5.74, 6) is 0.435. The molecule has 2 amide bonds. The quantitative estimate of drug-likeness (QED) is 0.842. The number of carbonyl (C=O) groups is 2. The first-order valence-corrected chi connectivity index (χ1v) is 8.64. The van der Waals surface area contributed by atoms with Crippen molar-refractivity contribution in [3.8, 4) is 5.75 Å². The third-order valence-corrected chi connectivity index (χ3v) is 5.20. The van der Waals surface area contributed by atoms with Crippen molar-refractivity contribution in [1.29, 1.82) is 0 Å². The second-order valence-corrected chi connectivity index (χ2v) is 7.12. The first-order chi connectivity index (χ1) is 11.5. The Morgan fingerprint density at radius 1 is 1.38 bits per heavy atom. The summed E-state index contributed by atoms with van der Waals surface area (Å²) >= 11 is 0.933. The Labute approximate surface area is 145 Å². The van der Waals surface area contributed by atoms with Crippen LogP contribution in [0.15, 0.2) is 23.1 Å². The van der Waals surface area contributed by atoms with Crippen LogP contribution in [0.5, 0.6) is 5.75 Å². The minimum Gasteiger partial charge on any atom is -0.495 e. The summed E-state index contributed by atoms with van der Waals surface area (Å²) in [4.78, 5) is 28.2. The number of hydrogen-bond acceptors (Lipinski definition) is 6. The van der Waals surface area contributed by atoms with E-state index in [9.17, 15) is 9.59 Å². The van der Waals surface area contributed by atoms with Gasteiger partial charge in [0.1, 0.15) is 5.75 Å². The molecule has 1 aromatic carbocycles. The van der Waals surface area contributed by atoms with E-state index in [2.05, 4.69) is 29.2 Å². The Morgan fingerprint density at radius 3 is 2.75 bits per heavy atom. The van der Waals surface area contributed by atoms with Gasteiger partial charge in [-0.3, -0.25) is 14.9 Å². The summed E-state index contributed by atoms with van der Waals surface area (Å²) in [6, 6.07) is 6.26. The lowest BCUT2D eigenvalue weighted by molar-refractivity contribution is -0.115. The highest BCUT2D eigenvalue weighted by atomic mass is 32.2. The molecule has 2 aliphatic heterocycles. The molecule has 0 spiro atoms. The standard InChI is InChI=1S/C17H21N3O3S/c1-19(2)12-7-8-20(10-12)15-11(5-4-6-13(15)23-3)9-14-16(21)18-17(22)24-14/h4-6,9,12H,7-8,10H2,1-3H3,(H,18,21,22). The van der Waals surface area contributed by atoms with Crippen LogP contribution in [-0.2, 0) is 4.79 Å². The van der Waals surface area contributed by atoms with Crippen molar-refractivity contribution in [3.63, 3.8) is 0 Å². The Morgan fingerprint density at radius 2 is 2.17 bits per heavy atom. The van der Waals surface area contributed by atoms with Gasteiger partial charge < -0.3 is 14.5 Å². The molecule has 0 radical (unpaired) electrons. The van der Waals surface area contributed by atoms with E-state index in [1.807, 2.05) is 18.2 Å². The minimum atomic E-state index is -0.341. The van der Waals surface area contributed by atoms with Crippen LogP contribution < -0.4 is 15.0 Å². The molecule has 1 aromatic rings. The first kappa shape index (κ1) is 16.9. The number of carbonyl (C=O) groups excluding carboxylic acids is 2. The van der Waals surface area contributed by atoms with Gasteiger partial charge in [0, 0.05) is 24.7 Å². The maximum atomic E-state index is 11.8. The van der Waals surface area contributed by atoms with Gasteiger partial charge in [0.15, 0.2) is 0 Å². The third kappa shape index (κ3) is 3.27. The average Bonchev–Trinajstić information content (AvgIpc) is 3.14. The van der Waals surface area contributed by atoms with Gasteiger partial charge in [0.2, 0.25) is 0 Å². The number of benzene rings is 1. The van der Waals surface area contributed by atoms with Crippen molar-refractivity contribution in [2.45, 2.75) is 12.5 Å². The van der Waals surface area contributed by atoms with Crippen molar-refractivity contribution in [2.75, 3.05) is 39.2 Å². The molecule has 0 bridgehead atoms. The number of nitrogens with zero attached hydrogens (tertiary/aromatic N) is 2. The van der Waals surface area contributed by atoms with E-state index in [0.717, 1.165) is 48.3 Å². The molecule has 6 nitrogen and oxygen atoms in total. The van der Waals surface area contributed by atoms with E-state index in [0.29, 0.717) is 10.9 Å². The number of imide groups is 1. The van der Waals surface area contributed by atoms with Gasteiger partial charge >= 0.3 is 0 Å². The number of thioether (sulfide) groups is 1. The zero-order chi connectivity index (χ0) is 17.3. The maximum Gasteiger partial charge on any atom is 0.290 e. The Balaban J connectivity index is 1.97. The number of para-hydroxylation sites is 1. The topological polar surface area (TPSA) is 61.9 Å². The molecule has 128 valence electrons. The van der Waals surface area contributed by atoms with Crippen molar-refractivity contribution >= 4 is 34.7 Å². The van der Waals surface area contributed by atoms with Crippen LogP contribution in [0.2, 0.25) is 0 Å². The molecule has 0 saturated carbocycles. The smallest absolute Gasteiger partial charge is 0.290 e. The van der Waals surface area contributed by atoms with Crippen LogP contribution in [0.4, 0.5) is 10.5 Å². The highest BCUT2D eigenvalue weighted by Gasteiger charge is 2.29. The second-order valence-electron chi connectivity index (χ2n) is 6.10. The van der Waals surface area contributed by atoms with Crippen molar-refractivity contribution < 1.29 is 14.3 Å².